The normalized spacial score (nSPS) is 13.1. The molecule has 1 aliphatic rings. The van der Waals surface area contributed by atoms with Gasteiger partial charge in [-0.05, 0) is 49.1 Å². The van der Waals surface area contributed by atoms with Gasteiger partial charge in [-0.2, -0.15) is 5.10 Å². The number of carbonyl (C=O) groups excluding carboxylic acids is 1. The van der Waals surface area contributed by atoms with Gasteiger partial charge in [0, 0.05) is 24.9 Å². The van der Waals surface area contributed by atoms with Crippen molar-refractivity contribution in [3.63, 3.8) is 0 Å². The fourth-order valence-corrected chi connectivity index (χ4v) is 3.32. The van der Waals surface area contributed by atoms with Gasteiger partial charge in [-0.25, -0.2) is 4.68 Å². The third-order valence-electron chi connectivity index (χ3n) is 5.22. The second kappa shape index (κ2) is 9.66. The first kappa shape index (κ1) is 20.9. The van der Waals surface area contributed by atoms with E-state index in [1.807, 2.05) is 48.5 Å². The van der Waals surface area contributed by atoms with Crippen LogP contribution in [0.2, 0.25) is 0 Å². The Morgan fingerprint density at radius 1 is 1.13 bits per heavy atom. The van der Waals surface area contributed by atoms with Crippen molar-refractivity contribution in [1.29, 1.82) is 0 Å². The lowest BCUT2D eigenvalue weighted by Gasteiger charge is -2.10. The van der Waals surface area contributed by atoms with Crippen molar-refractivity contribution in [3.05, 3.63) is 60.3 Å². The molecule has 0 unspecified atom stereocenters. The van der Waals surface area contributed by atoms with Crippen molar-refractivity contribution in [1.82, 2.24) is 15.1 Å². The van der Waals surface area contributed by atoms with E-state index in [2.05, 4.69) is 5.32 Å². The van der Waals surface area contributed by atoms with E-state index in [0.717, 1.165) is 12.3 Å². The summed E-state index contributed by atoms with van der Waals surface area (Å²) in [5, 5.41) is 7.67. The summed E-state index contributed by atoms with van der Waals surface area (Å²) in [6, 6.07) is 15.1. The molecular weight excluding hydrogens is 394 g/mol. The van der Waals surface area contributed by atoms with E-state index in [0.29, 0.717) is 47.4 Å². The third-order valence-corrected chi connectivity index (χ3v) is 5.22. The maximum atomic E-state index is 13.1. The molecule has 1 aliphatic carbocycles. The predicted octanol–water partition coefficient (Wildman–Crippen LogP) is 3.71. The Kier molecular flexibility index (Phi) is 6.52. The van der Waals surface area contributed by atoms with Gasteiger partial charge in [0.15, 0.2) is 0 Å². The number of nitrogens with zero attached hydrogens (tertiary/aromatic N) is 2. The maximum Gasteiger partial charge on any atom is 0.255 e. The van der Waals surface area contributed by atoms with Crippen LogP contribution in [0.15, 0.2) is 54.7 Å². The number of para-hydroxylation sites is 1. The summed E-state index contributed by atoms with van der Waals surface area (Å²) in [6.07, 6.45) is 4.23. The van der Waals surface area contributed by atoms with Crippen molar-refractivity contribution in [2.45, 2.75) is 12.8 Å². The topological polar surface area (TPSA) is 74.6 Å². The minimum atomic E-state index is -0.211. The number of benzene rings is 2. The summed E-state index contributed by atoms with van der Waals surface area (Å²) in [7, 11) is 3.19. The number of amides is 1. The van der Waals surface area contributed by atoms with Crippen LogP contribution in [0.4, 0.5) is 0 Å². The van der Waals surface area contributed by atoms with Crippen molar-refractivity contribution < 1.29 is 19.0 Å². The number of ether oxygens (including phenoxy) is 3. The summed E-state index contributed by atoms with van der Waals surface area (Å²) >= 11 is 0. The molecule has 0 radical (unpaired) electrons. The van der Waals surface area contributed by atoms with E-state index >= 15 is 0 Å². The molecule has 0 aliphatic heterocycles. The quantitative estimate of drug-likeness (QED) is 0.505. The highest BCUT2D eigenvalue weighted by Gasteiger charge is 2.23. The smallest absolute Gasteiger partial charge is 0.255 e. The van der Waals surface area contributed by atoms with Crippen LogP contribution < -0.4 is 14.8 Å². The van der Waals surface area contributed by atoms with Gasteiger partial charge in [0.25, 0.3) is 5.91 Å². The first-order chi connectivity index (χ1) is 15.2. The summed E-state index contributed by atoms with van der Waals surface area (Å²) in [4.78, 5) is 13.1. The number of nitrogens with one attached hydrogen (secondary N) is 1. The van der Waals surface area contributed by atoms with Crippen LogP contribution in [-0.2, 0) is 4.74 Å². The molecule has 1 heterocycles. The molecule has 1 fully saturated rings. The Morgan fingerprint density at radius 2 is 1.94 bits per heavy atom. The minimum absolute atomic E-state index is 0.211. The zero-order chi connectivity index (χ0) is 21.6. The molecule has 2 aromatic carbocycles. The van der Waals surface area contributed by atoms with Crippen LogP contribution in [0.1, 0.15) is 23.2 Å². The second-order valence-electron chi connectivity index (χ2n) is 7.51. The second-order valence-corrected chi connectivity index (χ2v) is 7.51. The van der Waals surface area contributed by atoms with Crippen molar-refractivity contribution in [2.24, 2.45) is 5.92 Å². The molecule has 31 heavy (non-hydrogen) atoms. The number of methoxy groups -OCH3 is 2. The summed E-state index contributed by atoms with van der Waals surface area (Å²) in [5.74, 6) is 1.76. The lowest BCUT2D eigenvalue weighted by Crippen LogP contribution is -2.27. The summed E-state index contributed by atoms with van der Waals surface area (Å²) in [6.45, 7) is 1.71. The Labute approximate surface area is 181 Å². The molecule has 162 valence electrons. The highest BCUT2D eigenvalue weighted by atomic mass is 16.5. The molecule has 7 heteroatoms. The molecule has 3 aromatic rings. The van der Waals surface area contributed by atoms with Gasteiger partial charge in [-0.3, -0.25) is 4.79 Å². The average molecular weight is 421 g/mol. The van der Waals surface area contributed by atoms with Crippen LogP contribution in [-0.4, -0.2) is 49.7 Å². The van der Waals surface area contributed by atoms with Gasteiger partial charge in [0.05, 0.1) is 32.1 Å². The minimum Gasteiger partial charge on any atom is -0.497 e. The van der Waals surface area contributed by atoms with Gasteiger partial charge in [0.2, 0.25) is 0 Å². The Morgan fingerprint density at radius 3 is 2.65 bits per heavy atom. The van der Waals surface area contributed by atoms with Gasteiger partial charge in [-0.1, -0.05) is 18.2 Å². The number of carbonyl (C=O) groups is 1. The Balaban J connectivity index is 1.63. The zero-order valence-corrected chi connectivity index (χ0v) is 17.8. The molecule has 0 spiro atoms. The highest BCUT2D eigenvalue weighted by molar-refractivity contribution is 6.00. The molecule has 1 N–H and O–H groups in total. The number of rotatable bonds is 10. The van der Waals surface area contributed by atoms with Crippen molar-refractivity contribution in [2.75, 3.05) is 34.0 Å². The molecule has 0 saturated heterocycles. The average Bonchev–Trinajstić information content (AvgIpc) is 3.53. The summed E-state index contributed by atoms with van der Waals surface area (Å²) in [5.41, 5.74) is 2.53. The third kappa shape index (κ3) is 5.06. The molecule has 1 aromatic heterocycles. The largest absolute Gasteiger partial charge is 0.497 e. The zero-order valence-electron chi connectivity index (χ0n) is 17.8. The predicted molar refractivity (Wildman–Crippen MR) is 118 cm³/mol. The monoisotopic (exact) mass is 421 g/mol. The van der Waals surface area contributed by atoms with Crippen LogP contribution >= 0.6 is 0 Å². The fraction of sp³-hybridized carbons (Fsp3) is 0.333. The van der Waals surface area contributed by atoms with E-state index in [1.54, 1.807) is 25.1 Å². The molecular formula is C24H27N3O4. The maximum absolute atomic E-state index is 13.1. The van der Waals surface area contributed by atoms with Gasteiger partial charge in [0.1, 0.15) is 17.2 Å². The van der Waals surface area contributed by atoms with E-state index in [1.165, 1.54) is 12.8 Å². The van der Waals surface area contributed by atoms with E-state index in [4.69, 9.17) is 19.3 Å². The number of hydrogen-bond donors (Lipinski definition) is 1. The van der Waals surface area contributed by atoms with Crippen LogP contribution in [0.3, 0.4) is 0 Å². The standard InChI is InChI=1S/C24H27N3O4/c1-29-19-10-11-22(30-2)20(14-19)23-21(15-27(26-23)18-6-4-3-5-7-18)24(28)25-12-13-31-16-17-8-9-17/h3-7,10-11,14-15,17H,8-9,12-13,16H2,1-2H3,(H,25,28). The van der Waals surface area contributed by atoms with Gasteiger partial charge < -0.3 is 19.5 Å². The lowest BCUT2D eigenvalue weighted by atomic mass is 10.1. The Hall–Kier alpha value is -3.32. The number of aromatic nitrogens is 2. The van der Waals surface area contributed by atoms with E-state index in [9.17, 15) is 4.79 Å². The molecule has 1 saturated carbocycles. The van der Waals surface area contributed by atoms with Crippen LogP contribution in [0, 0.1) is 5.92 Å². The molecule has 4 rings (SSSR count). The summed E-state index contributed by atoms with van der Waals surface area (Å²) < 4.78 is 18.2. The van der Waals surface area contributed by atoms with Crippen LogP contribution in [0.25, 0.3) is 16.9 Å². The SMILES string of the molecule is COc1ccc(OC)c(-c2nn(-c3ccccc3)cc2C(=O)NCCOCC2CC2)c1. The highest BCUT2D eigenvalue weighted by Crippen LogP contribution is 2.35. The van der Waals surface area contributed by atoms with Crippen molar-refractivity contribution in [3.8, 4) is 28.4 Å². The van der Waals surface area contributed by atoms with Gasteiger partial charge >= 0.3 is 0 Å². The van der Waals surface area contributed by atoms with Crippen LogP contribution in [0.5, 0.6) is 11.5 Å². The number of hydrogen-bond acceptors (Lipinski definition) is 5. The van der Waals surface area contributed by atoms with Crippen molar-refractivity contribution >= 4 is 5.91 Å². The first-order valence-electron chi connectivity index (χ1n) is 10.4. The van der Waals surface area contributed by atoms with E-state index in [-0.39, 0.29) is 5.91 Å². The lowest BCUT2D eigenvalue weighted by molar-refractivity contribution is 0.0907. The first-order valence-corrected chi connectivity index (χ1v) is 10.4. The fourth-order valence-electron chi connectivity index (χ4n) is 3.32. The molecule has 0 atom stereocenters. The van der Waals surface area contributed by atoms with E-state index < -0.39 is 0 Å². The molecule has 7 nitrogen and oxygen atoms in total. The Bertz CT molecular complexity index is 1030. The molecule has 1 amide bonds. The van der Waals surface area contributed by atoms with Gasteiger partial charge in [-0.15, -0.1) is 0 Å². The molecule has 0 bridgehead atoms.